The zero-order chi connectivity index (χ0) is 10.9. The van der Waals surface area contributed by atoms with Gasteiger partial charge in [-0.15, -0.1) is 0 Å². The summed E-state index contributed by atoms with van der Waals surface area (Å²) in [7, 11) is 0. The molecule has 0 fully saturated rings. The second-order valence-electron chi connectivity index (χ2n) is 2.45. The number of anilines is 1. The van der Waals surface area contributed by atoms with Crippen molar-refractivity contribution >= 4 is 17.3 Å². The molecule has 1 aromatic rings. The van der Waals surface area contributed by atoms with Crippen molar-refractivity contribution in [3.63, 3.8) is 0 Å². The maximum Gasteiger partial charge on any atom is 0.338 e. The summed E-state index contributed by atoms with van der Waals surface area (Å²) < 4.78 is 12.9. The molecule has 7 heteroatoms. The molecule has 3 N–H and O–H groups in total. The van der Waals surface area contributed by atoms with Crippen LogP contribution in [0.25, 0.3) is 0 Å². The molecule has 14 heavy (non-hydrogen) atoms. The highest BCUT2D eigenvalue weighted by molar-refractivity contribution is 5.94. The van der Waals surface area contributed by atoms with Gasteiger partial charge in [0.25, 0.3) is 5.69 Å². The Labute approximate surface area is 76.9 Å². The number of nitrogens with two attached hydrogens (primary N) is 1. The van der Waals surface area contributed by atoms with Crippen LogP contribution in [0.2, 0.25) is 0 Å². The van der Waals surface area contributed by atoms with Crippen molar-refractivity contribution in [3.05, 3.63) is 33.6 Å². The predicted octanol–water partition coefficient (Wildman–Crippen LogP) is 1.01. The van der Waals surface area contributed by atoms with E-state index in [9.17, 15) is 19.3 Å². The average Bonchev–Trinajstić information content (AvgIpc) is 2.08. The first-order valence-corrected chi connectivity index (χ1v) is 3.40. The maximum atomic E-state index is 12.9. The van der Waals surface area contributed by atoms with E-state index in [2.05, 4.69) is 0 Å². The smallest absolute Gasteiger partial charge is 0.338 e. The lowest BCUT2D eigenvalue weighted by molar-refractivity contribution is -0.385. The van der Waals surface area contributed by atoms with Crippen LogP contribution in [-0.4, -0.2) is 16.0 Å². The monoisotopic (exact) mass is 200 g/mol. The van der Waals surface area contributed by atoms with Crippen LogP contribution >= 0.6 is 0 Å². The third-order valence-electron chi connectivity index (χ3n) is 1.56. The number of carboxylic acids is 1. The number of benzene rings is 1. The van der Waals surface area contributed by atoms with Crippen molar-refractivity contribution < 1.29 is 19.2 Å². The van der Waals surface area contributed by atoms with Crippen LogP contribution in [0, 0.1) is 15.9 Å². The summed E-state index contributed by atoms with van der Waals surface area (Å²) in [6, 6.07) is 1.28. The van der Waals surface area contributed by atoms with Gasteiger partial charge < -0.3 is 10.8 Å². The van der Waals surface area contributed by atoms with Crippen molar-refractivity contribution in [1.29, 1.82) is 0 Å². The number of nitrogens with zero attached hydrogens (tertiary/aromatic N) is 1. The number of hydrogen-bond acceptors (Lipinski definition) is 4. The molecule has 0 atom stereocenters. The molecule has 0 aliphatic carbocycles. The molecule has 0 aliphatic heterocycles. The van der Waals surface area contributed by atoms with Gasteiger partial charge in [-0.1, -0.05) is 0 Å². The van der Waals surface area contributed by atoms with E-state index in [0.717, 1.165) is 0 Å². The van der Waals surface area contributed by atoms with Gasteiger partial charge >= 0.3 is 5.97 Å². The van der Waals surface area contributed by atoms with Crippen LogP contribution in [-0.2, 0) is 0 Å². The van der Waals surface area contributed by atoms with E-state index in [1.165, 1.54) is 0 Å². The maximum absolute atomic E-state index is 12.9. The second kappa shape index (κ2) is 3.29. The van der Waals surface area contributed by atoms with Crippen LogP contribution < -0.4 is 5.73 Å². The van der Waals surface area contributed by atoms with E-state index >= 15 is 0 Å². The Morgan fingerprint density at radius 3 is 2.57 bits per heavy atom. The molecular formula is C7H5FN2O4. The van der Waals surface area contributed by atoms with Crippen LogP contribution in [0.1, 0.15) is 10.4 Å². The van der Waals surface area contributed by atoms with Crippen molar-refractivity contribution in [2.75, 3.05) is 5.73 Å². The minimum atomic E-state index is -1.51. The molecule has 0 saturated carbocycles. The first-order chi connectivity index (χ1) is 6.43. The lowest BCUT2D eigenvalue weighted by Crippen LogP contribution is -2.05. The zero-order valence-corrected chi connectivity index (χ0v) is 6.73. The van der Waals surface area contributed by atoms with Crippen LogP contribution in [0.4, 0.5) is 15.8 Å². The molecule has 6 nitrogen and oxygen atoms in total. The lowest BCUT2D eigenvalue weighted by Gasteiger charge is -2.01. The van der Waals surface area contributed by atoms with Gasteiger partial charge in [-0.05, 0) is 0 Å². The van der Waals surface area contributed by atoms with E-state index in [-0.39, 0.29) is 0 Å². The first-order valence-electron chi connectivity index (χ1n) is 3.40. The van der Waals surface area contributed by atoms with E-state index in [0.29, 0.717) is 12.1 Å². The quantitative estimate of drug-likeness (QED) is 0.421. The molecule has 1 rings (SSSR count). The number of nitro benzene ring substituents is 1. The second-order valence-corrected chi connectivity index (χ2v) is 2.45. The number of non-ortho nitro benzene ring substituents is 1. The molecule has 0 saturated heterocycles. The number of nitro groups is 1. The average molecular weight is 200 g/mol. The summed E-state index contributed by atoms with van der Waals surface area (Å²) in [6.45, 7) is 0. The van der Waals surface area contributed by atoms with E-state index in [1.54, 1.807) is 0 Å². The van der Waals surface area contributed by atoms with Crippen LogP contribution in [0.5, 0.6) is 0 Å². The Morgan fingerprint density at radius 1 is 1.57 bits per heavy atom. The highest BCUT2D eigenvalue weighted by Crippen LogP contribution is 2.23. The van der Waals surface area contributed by atoms with Gasteiger partial charge in [0.05, 0.1) is 22.2 Å². The largest absolute Gasteiger partial charge is 0.478 e. The summed E-state index contributed by atoms with van der Waals surface area (Å²) in [5, 5.41) is 18.8. The zero-order valence-electron chi connectivity index (χ0n) is 6.73. The Hall–Kier alpha value is -2.18. The topological polar surface area (TPSA) is 106 Å². The van der Waals surface area contributed by atoms with Gasteiger partial charge in [-0.25, -0.2) is 9.18 Å². The summed E-state index contributed by atoms with van der Waals surface area (Å²) in [5.74, 6) is -2.62. The fourth-order valence-corrected chi connectivity index (χ4v) is 0.886. The molecule has 1 aromatic carbocycles. The van der Waals surface area contributed by atoms with Gasteiger partial charge in [0.1, 0.15) is 0 Å². The number of nitrogen functional groups attached to an aromatic ring is 1. The van der Waals surface area contributed by atoms with Gasteiger partial charge in [0, 0.05) is 6.07 Å². The minimum Gasteiger partial charge on any atom is -0.478 e. The molecule has 0 bridgehead atoms. The van der Waals surface area contributed by atoms with E-state index in [1.807, 2.05) is 0 Å². The van der Waals surface area contributed by atoms with Gasteiger partial charge in [0.15, 0.2) is 5.82 Å². The van der Waals surface area contributed by atoms with E-state index in [4.69, 9.17) is 10.8 Å². The highest BCUT2D eigenvalue weighted by Gasteiger charge is 2.18. The highest BCUT2D eigenvalue weighted by atomic mass is 19.1. The molecule has 0 aromatic heterocycles. The van der Waals surface area contributed by atoms with Crippen molar-refractivity contribution in [2.24, 2.45) is 0 Å². The summed E-state index contributed by atoms with van der Waals surface area (Å²) in [5.41, 5.74) is 3.21. The molecule has 0 unspecified atom stereocenters. The molecule has 0 heterocycles. The molecule has 0 amide bonds. The van der Waals surface area contributed by atoms with Gasteiger partial charge in [-0.2, -0.15) is 0 Å². The number of carboxylic acid groups (broad SMARTS) is 1. The Balaban J connectivity index is 3.43. The summed E-state index contributed by atoms with van der Waals surface area (Å²) in [4.78, 5) is 19.8. The van der Waals surface area contributed by atoms with Gasteiger partial charge in [0.2, 0.25) is 0 Å². The predicted molar refractivity (Wildman–Crippen MR) is 44.4 cm³/mol. The summed E-state index contributed by atoms with van der Waals surface area (Å²) in [6.07, 6.45) is 0. The first kappa shape index (κ1) is 9.90. The fourth-order valence-electron chi connectivity index (χ4n) is 0.886. The lowest BCUT2D eigenvalue weighted by atomic mass is 10.1. The number of halogens is 1. The number of hydrogen-bond donors (Lipinski definition) is 2. The molecule has 0 radical (unpaired) electrons. The molecule has 0 aliphatic rings. The van der Waals surface area contributed by atoms with Crippen molar-refractivity contribution in [2.45, 2.75) is 0 Å². The number of rotatable bonds is 2. The summed E-state index contributed by atoms with van der Waals surface area (Å²) >= 11 is 0. The standard InChI is InChI=1S/C7H5FN2O4/c8-5-2-3(10(13)14)1-4(6(5)9)7(11)12/h1-2H,9H2,(H,11,12). The van der Waals surface area contributed by atoms with E-state index < -0.39 is 33.6 Å². The normalized spacial score (nSPS) is 9.79. The Morgan fingerprint density at radius 2 is 2.14 bits per heavy atom. The molecule has 74 valence electrons. The van der Waals surface area contributed by atoms with Gasteiger partial charge in [-0.3, -0.25) is 10.1 Å². The fraction of sp³-hybridized carbons (Fsp3) is 0. The Bertz CT molecular complexity index is 418. The third kappa shape index (κ3) is 1.60. The minimum absolute atomic E-state index is 0.571. The van der Waals surface area contributed by atoms with Crippen LogP contribution in [0.15, 0.2) is 12.1 Å². The molecular weight excluding hydrogens is 195 g/mol. The Kier molecular flexibility index (Phi) is 2.32. The number of carbonyl (C=O) groups is 1. The van der Waals surface area contributed by atoms with Crippen molar-refractivity contribution in [1.82, 2.24) is 0 Å². The SMILES string of the molecule is Nc1c(F)cc([N+](=O)[O-])cc1C(=O)O. The molecule has 0 spiro atoms. The van der Waals surface area contributed by atoms with Crippen molar-refractivity contribution in [3.8, 4) is 0 Å². The third-order valence-corrected chi connectivity index (χ3v) is 1.56. The number of aromatic carboxylic acids is 1. The van der Waals surface area contributed by atoms with Crippen LogP contribution in [0.3, 0.4) is 0 Å².